The molecule has 0 aliphatic carbocycles. The molecule has 3 rings (SSSR count). The molecule has 6 heteroatoms. The average molecular weight is 342 g/mol. The number of halogens is 2. The Balaban J connectivity index is 0.00000176. The van der Waals surface area contributed by atoms with Crippen LogP contribution >= 0.6 is 24.0 Å². The van der Waals surface area contributed by atoms with Crippen molar-refractivity contribution in [3.8, 4) is 0 Å². The van der Waals surface area contributed by atoms with E-state index in [0.717, 1.165) is 24.6 Å². The molecule has 2 heterocycles. The van der Waals surface area contributed by atoms with Crippen molar-refractivity contribution in [3.63, 3.8) is 0 Å². The summed E-state index contributed by atoms with van der Waals surface area (Å²) < 4.78 is 7.97. The van der Waals surface area contributed by atoms with Crippen LogP contribution in [0.5, 0.6) is 0 Å². The summed E-state index contributed by atoms with van der Waals surface area (Å²) in [5.41, 5.74) is 1.28. The lowest BCUT2D eigenvalue weighted by Crippen LogP contribution is -2.49. The summed E-state index contributed by atoms with van der Waals surface area (Å²) in [6.45, 7) is 3.71. The number of hydrogen-bond acceptors (Lipinski definition) is 3. The lowest BCUT2D eigenvalue weighted by Gasteiger charge is -2.33. The smallest absolute Gasteiger partial charge is 0.0921 e. The van der Waals surface area contributed by atoms with Gasteiger partial charge in [0.15, 0.2) is 0 Å². The first kappa shape index (κ1) is 17.3. The van der Waals surface area contributed by atoms with E-state index in [2.05, 4.69) is 29.5 Å². The maximum absolute atomic E-state index is 6.02. The Bertz CT molecular complexity index is 551. The van der Waals surface area contributed by atoms with Crippen LogP contribution in [-0.2, 0) is 11.2 Å². The predicted octanol–water partition coefficient (Wildman–Crippen LogP) is 3.12. The summed E-state index contributed by atoms with van der Waals surface area (Å²) in [6, 6.07) is 10.5. The van der Waals surface area contributed by atoms with Gasteiger partial charge in [-0.15, -0.1) is 12.4 Å². The van der Waals surface area contributed by atoms with Gasteiger partial charge in [0.1, 0.15) is 0 Å². The molecule has 2 aromatic rings. The number of nitrogens with one attached hydrogen (secondary N) is 1. The van der Waals surface area contributed by atoms with Crippen molar-refractivity contribution in [2.75, 3.05) is 13.2 Å². The maximum atomic E-state index is 6.02. The number of hydrogen-bond donors (Lipinski definition) is 1. The van der Waals surface area contributed by atoms with Gasteiger partial charge in [-0.2, -0.15) is 5.10 Å². The van der Waals surface area contributed by atoms with Crippen molar-refractivity contribution in [2.45, 2.75) is 31.5 Å². The molecule has 0 bridgehead atoms. The van der Waals surface area contributed by atoms with Crippen LogP contribution < -0.4 is 5.32 Å². The van der Waals surface area contributed by atoms with Crippen LogP contribution in [0.15, 0.2) is 42.7 Å². The van der Waals surface area contributed by atoms with Gasteiger partial charge in [0.2, 0.25) is 0 Å². The first-order chi connectivity index (χ1) is 10.2. The number of morpholine rings is 1. The van der Waals surface area contributed by atoms with Crippen LogP contribution in [0.1, 0.15) is 18.5 Å². The number of nitrogens with zero attached hydrogens (tertiary/aromatic N) is 2. The Hall–Kier alpha value is -1.07. The second kappa shape index (κ2) is 7.97. The summed E-state index contributed by atoms with van der Waals surface area (Å²) in [5, 5.41) is 8.64. The van der Waals surface area contributed by atoms with E-state index in [1.54, 1.807) is 6.20 Å². The zero-order valence-corrected chi connectivity index (χ0v) is 14.1. The Morgan fingerprint density at radius 1 is 1.41 bits per heavy atom. The molecule has 1 aliphatic heterocycles. The standard InChI is InChI=1S/C16H20ClN3O.ClH/c1-12(20-8-2-7-19-20)16-10-18-15(11-21-16)9-13-3-5-14(17)6-4-13;/h2-8,12,15-16,18H,9-11H2,1H3;1H/t12-,15+,16-;/m1./s1. The summed E-state index contributed by atoms with van der Waals surface area (Å²) in [7, 11) is 0. The first-order valence-electron chi connectivity index (χ1n) is 7.31. The van der Waals surface area contributed by atoms with Crippen LogP contribution in [0.3, 0.4) is 0 Å². The molecule has 1 saturated heterocycles. The highest BCUT2D eigenvalue weighted by molar-refractivity contribution is 6.30. The Kier molecular flexibility index (Phi) is 6.26. The second-order valence-electron chi connectivity index (χ2n) is 5.53. The van der Waals surface area contributed by atoms with Crippen molar-refractivity contribution in [2.24, 2.45) is 0 Å². The van der Waals surface area contributed by atoms with E-state index in [4.69, 9.17) is 16.3 Å². The third kappa shape index (κ3) is 4.23. The molecule has 1 aromatic carbocycles. The second-order valence-corrected chi connectivity index (χ2v) is 5.97. The van der Waals surface area contributed by atoms with Crippen LogP contribution in [-0.4, -0.2) is 35.1 Å². The van der Waals surface area contributed by atoms with Crippen LogP contribution in [0.4, 0.5) is 0 Å². The topological polar surface area (TPSA) is 39.1 Å². The molecule has 1 aromatic heterocycles. The fourth-order valence-electron chi connectivity index (χ4n) is 2.68. The van der Waals surface area contributed by atoms with Crippen molar-refractivity contribution in [1.29, 1.82) is 0 Å². The van der Waals surface area contributed by atoms with Gasteiger partial charge in [0, 0.05) is 30.0 Å². The lowest BCUT2D eigenvalue weighted by molar-refractivity contribution is -0.0236. The average Bonchev–Trinajstić information content (AvgIpc) is 3.04. The molecule has 0 spiro atoms. The van der Waals surface area contributed by atoms with Crippen molar-refractivity contribution in [3.05, 3.63) is 53.3 Å². The van der Waals surface area contributed by atoms with E-state index in [0.29, 0.717) is 6.04 Å². The van der Waals surface area contributed by atoms with Gasteiger partial charge in [-0.3, -0.25) is 4.68 Å². The summed E-state index contributed by atoms with van der Waals surface area (Å²) in [4.78, 5) is 0. The van der Waals surface area contributed by atoms with Crippen LogP contribution in [0, 0.1) is 0 Å². The molecule has 0 radical (unpaired) electrons. The largest absolute Gasteiger partial charge is 0.373 e. The monoisotopic (exact) mass is 341 g/mol. The zero-order valence-electron chi connectivity index (χ0n) is 12.5. The van der Waals surface area contributed by atoms with Gasteiger partial charge < -0.3 is 10.1 Å². The molecular formula is C16H21Cl2N3O. The van der Waals surface area contributed by atoms with Gasteiger partial charge in [0.25, 0.3) is 0 Å². The van der Waals surface area contributed by atoms with E-state index in [-0.39, 0.29) is 24.6 Å². The molecule has 120 valence electrons. The Labute approximate surface area is 142 Å². The van der Waals surface area contributed by atoms with E-state index in [1.165, 1.54) is 5.56 Å². The van der Waals surface area contributed by atoms with Gasteiger partial charge in [-0.25, -0.2) is 0 Å². The Morgan fingerprint density at radius 3 is 2.77 bits per heavy atom. The highest BCUT2D eigenvalue weighted by atomic mass is 35.5. The van der Waals surface area contributed by atoms with Crippen LogP contribution in [0.25, 0.3) is 0 Å². The fraction of sp³-hybridized carbons (Fsp3) is 0.438. The first-order valence-corrected chi connectivity index (χ1v) is 7.69. The number of aromatic nitrogens is 2. The van der Waals surface area contributed by atoms with E-state index >= 15 is 0 Å². The molecule has 3 atom stereocenters. The highest BCUT2D eigenvalue weighted by Gasteiger charge is 2.26. The Morgan fingerprint density at radius 2 is 2.18 bits per heavy atom. The quantitative estimate of drug-likeness (QED) is 0.928. The third-order valence-corrected chi connectivity index (χ3v) is 4.25. The molecule has 1 fully saturated rings. The lowest BCUT2D eigenvalue weighted by atomic mass is 10.0. The molecule has 0 amide bonds. The molecular weight excluding hydrogens is 321 g/mol. The van der Waals surface area contributed by atoms with E-state index in [9.17, 15) is 0 Å². The zero-order chi connectivity index (χ0) is 14.7. The van der Waals surface area contributed by atoms with Gasteiger partial charge in [-0.1, -0.05) is 23.7 Å². The highest BCUT2D eigenvalue weighted by Crippen LogP contribution is 2.18. The molecule has 4 nitrogen and oxygen atoms in total. The molecule has 0 unspecified atom stereocenters. The van der Waals surface area contributed by atoms with Crippen molar-refractivity contribution >= 4 is 24.0 Å². The molecule has 22 heavy (non-hydrogen) atoms. The molecule has 1 aliphatic rings. The minimum Gasteiger partial charge on any atom is -0.373 e. The van der Waals surface area contributed by atoms with E-state index in [1.807, 2.05) is 29.1 Å². The summed E-state index contributed by atoms with van der Waals surface area (Å²) >= 11 is 5.91. The minimum atomic E-state index is 0. The molecule has 1 N–H and O–H groups in total. The summed E-state index contributed by atoms with van der Waals surface area (Å²) in [6.07, 6.45) is 4.90. The fourth-order valence-corrected chi connectivity index (χ4v) is 2.80. The van der Waals surface area contributed by atoms with E-state index < -0.39 is 0 Å². The predicted molar refractivity (Wildman–Crippen MR) is 90.9 cm³/mol. The minimum absolute atomic E-state index is 0. The number of benzene rings is 1. The SMILES string of the molecule is C[C@H]([C@H]1CN[C@@H](Cc2ccc(Cl)cc2)CO1)n1cccn1.Cl. The maximum Gasteiger partial charge on any atom is 0.0921 e. The number of rotatable bonds is 4. The van der Waals surface area contributed by atoms with Gasteiger partial charge >= 0.3 is 0 Å². The third-order valence-electron chi connectivity index (χ3n) is 3.99. The number of ether oxygens (including phenoxy) is 1. The summed E-state index contributed by atoms with van der Waals surface area (Å²) in [5.74, 6) is 0. The van der Waals surface area contributed by atoms with Gasteiger partial charge in [-0.05, 0) is 37.1 Å². The van der Waals surface area contributed by atoms with Crippen molar-refractivity contribution in [1.82, 2.24) is 15.1 Å². The van der Waals surface area contributed by atoms with Crippen LogP contribution in [0.2, 0.25) is 5.02 Å². The van der Waals surface area contributed by atoms with Crippen molar-refractivity contribution < 1.29 is 4.74 Å². The van der Waals surface area contributed by atoms with Gasteiger partial charge in [0.05, 0.1) is 18.8 Å². The molecule has 0 saturated carbocycles. The normalized spacial score (nSPS) is 22.8.